The summed E-state index contributed by atoms with van der Waals surface area (Å²) in [5.41, 5.74) is 5.06. The molecule has 2 nitrogen and oxygen atoms in total. The minimum absolute atomic E-state index is 0.377. The maximum atomic E-state index is 5.89. The van der Waals surface area contributed by atoms with E-state index < -0.39 is 0 Å². The molecule has 0 saturated carbocycles. The zero-order chi connectivity index (χ0) is 19.6. The first kappa shape index (κ1) is 20.3. The van der Waals surface area contributed by atoms with Crippen LogP contribution in [0, 0.1) is 0 Å². The van der Waals surface area contributed by atoms with Gasteiger partial charge in [0.2, 0.25) is 0 Å². The quantitative estimate of drug-likeness (QED) is 0.413. The van der Waals surface area contributed by atoms with Gasteiger partial charge < -0.3 is 9.47 Å². The van der Waals surface area contributed by atoms with Crippen molar-refractivity contribution in [1.29, 1.82) is 0 Å². The van der Waals surface area contributed by atoms with E-state index in [1.165, 1.54) is 22.3 Å². The van der Waals surface area contributed by atoms with E-state index in [1.54, 1.807) is 0 Å². The summed E-state index contributed by atoms with van der Waals surface area (Å²) in [7, 11) is 0. The van der Waals surface area contributed by atoms with E-state index in [1.807, 2.05) is 36.4 Å². The molecule has 2 atom stereocenters. The number of rotatable bonds is 10. The van der Waals surface area contributed by atoms with E-state index in [9.17, 15) is 0 Å². The van der Waals surface area contributed by atoms with Gasteiger partial charge in [-0.2, -0.15) is 0 Å². The third-order valence-corrected chi connectivity index (χ3v) is 5.03. The highest BCUT2D eigenvalue weighted by Gasteiger charge is 2.09. The van der Waals surface area contributed by atoms with Crippen molar-refractivity contribution in [2.45, 2.75) is 38.9 Å². The summed E-state index contributed by atoms with van der Waals surface area (Å²) in [6.45, 7) is 7.21. The van der Waals surface area contributed by atoms with Crippen LogP contribution in [0.5, 0.6) is 0 Å². The second-order valence-electron chi connectivity index (χ2n) is 7.47. The molecule has 146 valence electrons. The van der Waals surface area contributed by atoms with E-state index in [0.717, 1.165) is 13.2 Å². The predicted octanol–water partition coefficient (Wildman–Crippen LogP) is 6.33. The van der Waals surface area contributed by atoms with E-state index in [2.05, 4.69) is 62.4 Å². The van der Waals surface area contributed by atoms with Gasteiger partial charge >= 0.3 is 0 Å². The zero-order valence-electron chi connectivity index (χ0n) is 16.9. The van der Waals surface area contributed by atoms with Crippen LogP contribution in [0.2, 0.25) is 0 Å². The molecule has 0 bridgehead atoms. The predicted molar refractivity (Wildman–Crippen MR) is 115 cm³/mol. The molecule has 0 saturated heterocycles. The largest absolute Gasteiger partial charge is 0.376 e. The number of benzene rings is 3. The van der Waals surface area contributed by atoms with Gasteiger partial charge in [0.15, 0.2) is 0 Å². The summed E-state index contributed by atoms with van der Waals surface area (Å²) in [6, 6.07) is 29.5. The van der Waals surface area contributed by atoms with E-state index in [-0.39, 0.29) is 0 Å². The number of ether oxygens (including phenoxy) is 2. The van der Waals surface area contributed by atoms with Crippen LogP contribution in [0.1, 0.15) is 47.9 Å². The van der Waals surface area contributed by atoms with Crippen molar-refractivity contribution < 1.29 is 9.47 Å². The molecule has 0 heterocycles. The van der Waals surface area contributed by atoms with Crippen molar-refractivity contribution in [3.8, 4) is 0 Å². The second-order valence-corrected chi connectivity index (χ2v) is 7.47. The summed E-state index contributed by atoms with van der Waals surface area (Å²) in [6.07, 6.45) is 0. The van der Waals surface area contributed by atoms with Crippen LogP contribution in [-0.4, -0.2) is 13.2 Å². The van der Waals surface area contributed by atoms with Gasteiger partial charge in [-0.15, -0.1) is 0 Å². The molecular weight excluding hydrogens is 344 g/mol. The van der Waals surface area contributed by atoms with Gasteiger partial charge in [-0.25, -0.2) is 0 Å². The molecule has 0 N–H and O–H groups in total. The third-order valence-electron chi connectivity index (χ3n) is 5.03. The molecule has 0 aliphatic heterocycles. The Bertz CT molecular complexity index is 726. The Kier molecular flexibility index (Phi) is 7.83. The van der Waals surface area contributed by atoms with Crippen LogP contribution >= 0.6 is 0 Å². The Morgan fingerprint density at radius 3 is 1.25 bits per heavy atom. The lowest BCUT2D eigenvalue weighted by Gasteiger charge is -2.16. The third kappa shape index (κ3) is 6.33. The highest BCUT2D eigenvalue weighted by Crippen LogP contribution is 2.21. The minimum Gasteiger partial charge on any atom is -0.376 e. The van der Waals surface area contributed by atoms with Crippen LogP contribution in [0.15, 0.2) is 84.9 Å². The van der Waals surface area contributed by atoms with Crippen LogP contribution in [0.25, 0.3) is 0 Å². The minimum atomic E-state index is 0.377. The van der Waals surface area contributed by atoms with Crippen molar-refractivity contribution in [2.75, 3.05) is 13.2 Å². The topological polar surface area (TPSA) is 18.5 Å². The zero-order valence-corrected chi connectivity index (χ0v) is 16.9. The van der Waals surface area contributed by atoms with Crippen molar-refractivity contribution >= 4 is 0 Å². The summed E-state index contributed by atoms with van der Waals surface area (Å²) < 4.78 is 11.8. The summed E-state index contributed by atoms with van der Waals surface area (Å²) >= 11 is 0. The molecule has 0 aromatic heterocycles. The normalized spacial score (nSPS) is 13.2. The molecule has 3 rings (SSSR count). The first-order valence-corrected chi connectivity index (χ1v) is 10.1. The molecule has 0 radical (unpaired) electrons. The molecule has 28 heavy (non-hydrogen) atoms. The van der Waals surface area contributed by atoms with Gasteiger partial charge in [0.1, 0.15) is 0 Å². The van der Waals surface area contributed by atoms with Crippen molar-refractivity contribution in [1.82, 2.24) is 0 Å². The van der Waals surface area contributed by atoms with Crippen LogP contribution in [-0.2, 0) is 22.7 Å². The molecule has 0 aliphatic rings. The summed E-state index contributed by atoms with van der Waals surface area (Å²) in [5, 5.41) is 0. The number of hydrogen-bond acceptors (Lipinski definition) is 2. The monoisotopic (exact) mass is 374 g/mol. The lowest BCUT2D eigenvalue weighted by Crippen LogP contribution is -2.07. The fourth-order valence-electron chi connectivity index (χ4n) is 3.20. The fourth-order valence-corrected chi connectivity index (χ4v) is 3.20. The number of hydrogen-bond donors (Lipinski definition) is 0. The Morgan fingerprint density at radius 1 is 0.536 bits per heavy atom. The van der Waals surface area contributed by atoms with Crippen LogP contribution < -0.4 is 0 Å². The molecular formula is C26H30O2. The van der Waals surface area contributed by atoms with Gasteiger partial charge in [0, 0.05) is 11.8 Å². The highest BCUT2D eigenvalue weighted by atomic mass is 16.5. The van der Waals surface area contributed by atoms with Gasteiger partial charge in [0.05, 0.1) is 26.4 Å². The molecule has 2 heteroatoms. The maximum absolute atomic E-state index is 5.89. The molecule has 0 fully saturated rings. The lowest BCUT2D eigenvalue weighted by molar-refractivity contribution is 0.110. The van der Waals surface area contributed by atoms with Crippen molar-refractivity contribution in [3.05, 3.63) is 107 Å². The maximum Gasteiger partial charge on any atom is 0.0717 e. The average molecular weight is 375 g/mol. The lowest BCUT2D eigenvalue weighted by atomic mass is 9.96. The molecule has 0 spiro atoms. The smallest absolute Gasteiger partial charge is 0.0717 e. The molecule has 3 aromatic rings. The summed E-state index contributed by atoms with van der Waals surface area (Å²) in [4.78, 5) is 0. The van der Waals surface area contributed by atoms with E-state index in [0.29, 0.717) is 25.0 Å². The van der Waals surface area contributed by atoms with Crippen LogP contribution in [0.3, 0.4) is 0 Å². The molecule has 2 unspecified atom stereocenters. The van der Waals surface area contributed by atoms with E-state index >= 15 is 0 Å². The average Bonchev–Trinajstić information content (AvgIpc) is 2.75. The summed E-state index contributed by atoms with van der Waals surface area (Å²) in [5.74, 6) is 0.754. The highest BCUT2D eigenvalue weighted by molar-refractivity contribution is 5.27. The molecule has 3 aromatic carbocycles. The fraction of sp³-hybridized carbons (Fsp3) is 0.308. The Balaban J connectivity index is 1.42. The first-order valence-electron chi connectivity index (χ1n) is 10.1. The van der Waals surface area contributed by atoms with Gasteiger partial charge in [0.25, 0.3) is 0 Å². The van der Waals surface area contributed by atoms with Crippen molar-refractivity contribution in [3.63, 3.8) is 0 Å². The Hall–Kier alpha value is -2.42. The Labute approximate surface area is 169 Å². The standard InChI is InChI=1S/C26H30O2/c1-21(17-27-19-23-9-5-3-6-10-23)25-13-15-26(16-14-25)22(2)18-28-20-24-11-7-4-8-12-24/h3-16,21-22H,17-20H2,1-2H3. The van der Waals surface area contributed by atoms with Crippen molar-refractivity contribution in [2.24, 2.45) is 0 Å². The molecule has 0 aliphatic carbocycles. The first-order chi connectivity index (χ1) is 13.7. The van der Waals surface area contributed by atoms with Gasteiger partial charge in [-0.05, 0) is 22.3 Å². The van der Waals surface area contributed by atoms with E-state index in [4.69, 9.17) is 9.47 Å². The van der Waals surface area contributed by atoms with Gasteiger partial charge in [-0.3, -0.25) is 0 Å². The van der Waals surface area contributed by atoms with Crippen LogP contribution in [0.4, 0.5) is 0 Å². The molecule has 0 amide bonds. The second kappa shape index (κ2) is 10.8. The SMILES string of the molecule is CC(COCc1ccccc1)c1ccc(C(C)COCc2ccccc2)cc1. The van der Waals surface area contributed by atoms with Gasteiger partial charge in [-0.1, -0.05) is 98.8 Å². The Morgan fingerprint density at radius 2 is 0.893 bits per heavy atom.